The third-order valence-corrected chi connectivity index (χ3v) is 2.34. The van der Waals surface area contributed by atoms with Gasteiger partial charge in [-0.25, -0.2) is 0 Å². The number of hydrogen-bond acceptors (Lipinski definition) is 4. The van der Waals surface area contributed by atoms with Crippen molar-refractivity contribution in [2.24, 2.45) is 0 Å². The average molecular weight is 228 g/mol. The SMILES string of the molecule is CCNc1cncc(NCc2cccnc2)c1. The molecule has 2 aromatic heterocycles. The highest BCUT2D eigenvalue weighted by Gasteiger charge is 1.96. The predicted octanol–water partition coefficient (Wildman–Crippen LogP) is 2.52. The highest BCUT2D eigenvalue weighted by atomic mass is 14.9. The number of pyridine rings is 2. The summed E-state index contributed by atoms with van der Waals surface area (Å²) in [5.74, 6) is 0. The fourth-order valence-corrected chi connectivity index (χ4v) is 1.54. The minimum absolute atomic E-state index is 0.755. The van der Waals surface area contributed by atoms with E-state index in [-0.39, 0.29) is 0 Å². The Morgan fingerprint density at radius 1 is 1.06 bits per heavy atom. The summed E-state index contributed by atoms with van der Waals surface area (Å²) in [4.78, 5) is 8.25. The van der Waals surface area contributed by atoms with Crippen molar-refractivity contribution in [2.45, 2.75) is 13.5 Å². The third kappa shape index (κ3) is 3.45. The van der Waals surface area contributed by atoms with Crippen molar-refractivity contribution in [1.82, 2.24) is 9.97 Å². The van der Waals surface area contributed by atoms with Crippen LogP contribution in [-0.2, 0) is 6.54 Å². The summed E-state index contributed by atoms with van der Waals surface area (Å²) in [5, 5.41) is 6.55. The summed E-state index contributed by atoms with van der Waals surface area (Å²) in [6.07, 6.45) is 7.27. The van der Waals surface area contributed by atoms with E-state index in [1.165, 1.54) is 0 Å². The summed E-state index contributed by atoms with van der Waals surface area (Å²) in [5.41, 5.74) is 3.19. The van der Waals surface area contributed by atoms with E-state index in [1.807, 2.05) is 36.8 Å². The summed E-state index contributed by atoms with van der Waals surface area (Å²) in [6.45, 7) is 3.72. The van der Waals surface area contributed by atoms with Crippen molar-refractivity contribution in [3.63, 3.8) is 0 Å². The van der Waals surface area contributed by atoms with E-state index >= 15 is 0 Å². The van der Waals surface area contributed by atoms with Crippen LogP contribution in [0.1, 0.15) is 12.5 Å². The van der Waals surface area contributed by atoms with E-state index in [4.69, 9.17) is 0 Å². The molecular weight excluding hydrogens is 212 g/mol. The van der Waals surface area contributed by atoms with Gasteiger partial charge in [-0.1, -0.05) is 6.07 Å². The molecule has 2 heterocycles. The lowest BCUT2D eigenvalue weighted by atomic mass is 10.3. The molecule has 0 atom stereocenters. The van der Waals surface area contributed by atoms with Crippen LogP contribution in [0, 0.1) is 0 Å². The molecule has 0 amide bonds. The van der Waals surface area contributed by atoms with Crippen molar-refractivity contribution in [3.8, 4) is 0 Å². The van der Waals surface area contributed by atoms with Crippen LogP contribution in [0.25, 0.3) is 0 Å². The second-order valence-corrected chi connectivity index (χ2v) is 3.71. The highest BCUT2D eigenvalue weighted by molar-refractivity contribution is 5.53. The van der Waals surface area contributed by atoms with Crippen LogP contribution < -0.4 is 10.6 Å². The number of anilines is 2. The van der Waals surface area contributed by atoms with Crippen molar-refractivity contribution < 1.29 is 0 Å². The number of nitrogens with zero attached hydrogens (tertiary/aromatic N) is 2. The molecule has 0 radical (unpaired) electrons. The van der Waals surface area contributed by atoms with Gasteiger partial charge in [-0.2, -0.15) is 0 Å². The smallest absolute Gasteiger partial charge is 0.0550 e. The van der Waals surface area contributed by atoms with E-state index in [9.17, 15) is 0 Å². The van der Waals surface area contributed by atoms with Gasteiger partial charge in [0.15, 0.2) is 0 Å². The van der Waals surface area contributed by atoms with E-state index in [0.717, 1.165) is 30.0 Å². The first-order valence-corrected chi connectivity index (χ1v) is 5.70. The topological polar surface area (TPSA) is 49.8 Å². The summed E-state index contributed by atoms with van der Waals surface area (Å²) in [6, 6.07) is 6.03. The molecule has 0 unspecified atom stereocenters. The van der Waals surface area contributed by atoms with Crippen molar-refractivity contribution in [1.29, 1.82) is 0 Å². The molecular formula is C13H16N4. The molecule has 0 spiro atoms. The Kier molecular flexibility index (Phi) is 3.91. The van der Waals surface area contributed by atoms with Gasteiger partial charge in [-0.3, -0.25) is 9.97 Å². The number of nitrogens with one attached hydrogen (secondary N) is 2. The molecule has 0 aliphatic rings. The average Bonchev–Trinajstić information content (AvgIpc) is 2.39. The van der Waals surface area contributed by atoms with Crippen molar-refractivity contribution in [2.75, 3.05) is 17.2 Å². The zero-order valence-corrected chi connectivity index (χ0v) is 9.85. The van der Waals surface area contributed by atoms with Crippen LogP contribution in [0.2, 0.25) is 0 Å². The second kappa shape index (κ2) is 5.84. The molecule has 0 aliphatic heterocycles. The van der Waals surface area contributed by atoms with E-state index in [2.05, 4.69) is 27.5 Å². The molecule has 0 saturated heterocycles. The second-order valence-electron chi connectivity index (χ2n) is 3.71. The first kappa shape index (κ1) is 11.4. The van der Waals surface area contributed by atoms with Gasteiger partial charge in [0.25, 0.3) is 0 Å². The van der Waals surface area contributed by atoms with Gasteiger partial charge in [-0.15, -0.1) is 0 Å². The lowest BCUT2D eigenvalue weighted by Gasteiger charge is -2.08. The zero-order valence-electron chi connectivity index (χ0n) is 9.85. The first-order chi connectivity index (χ1) is 8.38. The Morgan fingerprint density at radius 2 is 1.88 bits per heavy atom. The maximum atomic E-state index is 4.17. The minimum Gasteiger partial charge on any atom is -0.384 e. The molecule has 0 aromatic carbocycles. The van der Waals surface area contributed by atoms with E-state index in [0.29, 0.717) is 0 Å². The van der Waals surface area contributed by atoms with E-state index in [1.54, 1.807) is 6.20 Å². The fourth-order valence-electron chi connectivity index (χ4n) is 1.54. The Morgan fingerprint density at radius 3 is 2.59 bits per heavy atom. The maximum absolute atomic E-state index is 4.17. The minimum atomic E-state index is 0.755. The van der Waals surface area contributed by atoms with Gasteiger partial charge in [0, 0.05) is 25.5 Å². The van der Waals surface area contributed by atoms with E-state index < -0.39 is 0 Å². The van der Waals surface area contributed by atoms with Gasteiger partial charge >= 0.3 is 0 Å². The van der Waals surface area contributed by atoms with Crippen LogP contribution in [0.3, 0.4) is 0 Å². The molecule has 0 fully saturated rings. The molecule has 17 heavy (non-hydrogen) atoms. The lowest BCUT2D eigenvalue weighted by molar-refractivity contribution is 1.10. The number of aromatic nitrogens is 2. The molecule has 0 saturated carbocycles. The molecule has 4 nitrogen and oxygen atoms in total. The van der Waals surface area contributed by atoms with Gasteiger partial charge in [0.2, 0.25) is 0 Å². The quantitative estimate of drug-likeness (QED) is 0.825. The highest BCUT2D eigenvalue weighted by Crippen LogP contribution is 2.13. The molecule has 2 aromatic rings. The van der Waals surface area contributed by atoms with Crippen LogP contribution in [0.4, 0.5) is 11.4 Å². The maximum Gasteiger partial charge on any atom is 0.0550 e. The van der Waals surface area contributed by atoms with Gasteiger partial charge in [-0.05, 0) is 24.6 Å². The predicted molar refractivity (Wildman–Crippen MR) is 70.0 cm³/mol. The first-order valence-electron chi connectivity index (χ1n) is 5.70. The largest absolute Gasteiger partial charge is 0.384 e. The Bertz CT molecular complexity index is 456. The normalized spacial score (nSPS) is 9.94. The monoisotopic (exact) mass is 228 g/mol. The zero-order chi connectivity index (χ0) is 11.9. The summed E-state index contributed by atoms with van der Waals surface area (Å²) < 4.78 is 0. The molecule has 0 aliphatic carbocycles. The number of rotatable bonds is 5. The van der Waals surface area contributed by atoms with Crippen LogP contribution in [0.5, 0.6) is 0 Å². The Hall–Kier alpha value is -2.10. The van der Waals surface area contributed by atoms with Crippen LogP contribution in [0.15, 0.2) is 43.0 Å². The summed E-state index contributed by atoms with van der Waals surface area (Å²) in [7, 11) is 0. The van der Waals surface area contributed by atoms with Crippen LogP contribution in [-0.4, -0.2) is 16.5 Å². The van der Waals surface area contributed by atoms with Crippen LogP contribution >= 0.6 is 0 Å². The standard InChI is InChI=1S/C13H16N4/c1-2-16-12-6-13(10-15-9-12)17-8-11-4-3-5-14-7-11/h3-7,9-10,16-17H,2,8H2,1H3. The molecule has 2 N–H and O–H groups in total. The summed E-state index contributed by atoms with van der Waals surface area (Å²) >= 11 is 0. The lowest BCUT2D eigenvalue weighted by Crippen LogP contribution is -2.02. The fraction of sp³-hybridized carbons (Fsp3) is 0.231. The molecule has 2 rings (SSSR count). The third-order valence-electron chi connectivity index (χ3n) is 2.34. The number of hydrogen-bond donors (Lipinski definition) is 2. The van der Waals surface area contributed by atoms with Crippen molar-refractivity contribution in [3.05, 3.63) is 48.5 Å². The van der Waals surface area contributed by atoms with Gasteiger partial charge in [0.1, 0.15) is 0 Å². The Labute approximate surface area is 101 Å². The molecule has 88 valence electrons. The Balaban J connectivity index is 1.97. The molecule has 4 heteroatoms. The van der Waals surface area contributed by atoms with Gasteiger partial charge < -0.3 is 10.6 Å². The molecule has 0 bridgehead atoms. The van der Waals surface area contributed by atoms with Gasteiger partial charge in [0.05, 0.1) is 23.8 Å². The van der Waals surface area contributed by atoms with Crippen molar-refractivity contribution >= 4 is 11.4 Å².